The molecule has 2 saturated heterocycles. The Hall–Kier alpha value is -3.63. The molecule has 8 nitrogen and oxygen atoms in total. The molecule has 0 spiro atoms. The molecular weight excluding hydrogens is 465 g/mol. The maximum atomic E-state index is 13.0. The Bertz CT molecular complexity index is 1100. The number of likely N-dealkylation sites (tertiary alicyclic amines) is 1. The van der Waals surface area contributed by atoms with Crippen LogP contribution in [0.25, 0.3) is 0 Å². The zero-order valence-electron chi connectivity index (χ0n) is 18.9. The van der Waals surface area contributed by atoms with Gasteiger partial charge in [0.25, 0.3) is 5.69 Å². The standard InChI is InChI=1S/C24H25F3N4O4/c25-24(26,27)19-6-7-20(21(15-19)31(34)35)28-10-12-29(13-11-28)23(33)18-14-22(32)30(16-18)9-8-17-4-2-1-3-5-17/h1-7,15,18H,8-14,16H2. The first-order chi connectivity index (χ1) is 16.6. The van der Waals surface area contributed by atoms with Crippen LogP contribution in [0.5, 0.6) is 0 Å². The van der Waals surface area contributed by atoms with E-state index in [4.69, 9.17) is 0 Å². The van der Waals surface area contributed by atoms with Crippen LogP contribution < -0.4 is 4.90 Å². The summed E-state index contributed by atoms with van der Waals surface area (Å²) in [5.74, 6) is -0.634. The molecule has 1 atom stereocenters. The lowest BCUT2D eigenvalue weighted by Crippen LogP contribution is -2.50. The van der Waals surface area contributed by atoms with Gasteiger partial charge in [-0.3, -0.25) is 19.7 Å². The van der Waals surface area contributed by atoms with Crippen LogP contribution >= 0.6 is 0 Å². The SMILES string of the molecule is O=C1CC(C(=O)N2CCN(c3ccc(C(F)(F)F)cc3[N+](=O)[O-])CC2)CN1CCc1ccccc1. The minimum atomic E-state index is -4.68. The number of hydrogen-bond donors (Lipinski definition) is 0. The van der Waals surface area contributed by atoms with Gasteiger partial charge in [0.15, 0.2) is 0 Å². The van der Waals surface area contributed by atoms with Gasteiger partial charge < -0.3 is 14.7 Å². The second kappa shape index (κ2) is 9.93. The van der Waals surface area contributed by atoms with E-state index in [0.717, 1.165) is 17.7 Å². The number of benzene rings is 2. The third-order valence-corrected chi connectivity index (χ3v) is 6.51. The van der Waals surface area contributed by atoms with Gasteiger partial charge in [0.2, 0.25) is 11.8 Å². The van der Waals surface area contributed by atoms with E-state index in [1.54, 1.807) is 14.7 Å². The molecule has 2 aliphatic heterocycles. The molecule has 4 rings (SSSR count). The maximum Gasteiger partial charge on any atom is 0.416 e. The molecule has 0 saturated carbocycles. The van der Waals surface area contributed by atoms with E-state index in [1.807, 2.05) is 30.3 Å². The van der Waals surface area contributed by atoms with Crippen molar-refractivity contribution >= 4 is 23.2 Å². The molecule has 0 bridgehead atoms. The number of carbonyl (C=O) groups is 2. The van der Waals surface area contributed by atoms with Crippen LogP contribution in [-0.4, -0.2) is 65.8 Å². The number of hydrogen-bond acceptors (Lipinski definition) is 5. The highest BCUT2D eigenvalue weighted by molar-refractivity contribution is 5.89. The van der Waals surface area contributed by atoms with E-state index in [1.165, 1.54) is 0 Å². The number of rotatable bonds is 6. The fraction of sp³-hybridized carbons (Fsp3) is 0.417. The Morgan fingerprint density at radius 1 is 1.06 bits per heavy atom. The number of alkyl halides is 3. The average Bonchev–Trinajstić information content (AvgIpc) is 3.22. The fourth-order valence-electron chi connectivity index (χ4n) is 4.60. The first-order valence-electron chi connectivity index (χ1n) is 11.3. The van der Waals surface area contributed by atoms with Crippen molar-refractivity contribution in [2.75, 3.05) is 44.2 Å². The molecular formula is C24H25F3N4O4. The summed E-state index contributed by atoms with van der Waals surface area (Å²) < 4.78 is 38.9. The summed E-state index contributed by atoms with van der Waals surface area (Å²) in [5, 5.41) is 11.4. The van der Waals surface area contributed by atoms with Gasteiger partial charge in [-0.1, -0.05) is 30.3 Å². The lowest BCUT2D eigenvalue weighted by molar-refractivity contribution is -0.384. The van der Waals surface area contributed by atoms with Crippen molar-refractivity contribution in [3.63, 3.8) is 0 Å². The van der Waals surface area contributed by atoms with Crippen LogP contribution in [0.1, 0.15) is 17.5 Å². The van der Waals surface area contributed by atoms with Gasteiger partial charge in [-0.25, -0.2) is 0 Å². The molecule has 186 valence electrons. The van der Waals surface area contributed by atoms with Crippen LogP contribution in [-0.2, 0) is 22.2 Å². The molecule has 0 aliphatic carbocycles. The number of nitro groups is 1. The summed E-state index contributed by atoms with van der Waals surface area (Å²) in [6.07, 6.45) is -3.82. The first-order valence-corrected chi connectivity index (χ1v) is 11.3. The van der Waals surface area contributed by atoms with E-state index in [2.05, 4.69) is 0 Å². The van der Waals surface area contributed by atoms with Crippen LogP contribution in [0.15, 0.2) is 48.5 Å². The van der Waals surface area contributed by atoms with Crippen LogP contribution in [0.4, 0.5) is 24.5 Å². The van der Waals surface area contributed by atoms with Gasteiger partial charge >= 0.3 is 6.18 Å². The highest BCUT2D eigenvalue weighted by atomic mass is 19.4. The Labute approximate surface area is 200 Å². The van der Waals surface area contributed by atoms with E-state index in [0.29, 0.717) is 25.6 Å². The Kier molecular flexibility index (Phi) is 6.95. The summed E-state index contributed by atoms with van der Waals surface area (Å²) in [4.78, 5) is 41.0. The number of nitrogens with zero attached hydrogens (tertiary/aromatic N) is 4. The molecule has 1 unspecified atom stereocenters. The normalized spacial score (nSPS) is 18.8. The van der Waals surface area contributed by atoms with Gasteiger partial charge in [-0.2, -0.15) is 13.2 Å². The minimum Gasteiger partial charge on any atom is -0.362 e. The van der Waals surface area contributed by atoms with Crippen LogP contribution in [0.3, 0.4) is 0 Å². The van der Waals surface area contributed by atoms with Gasteiger partial charge in [-0.15, -0.1) is 0 Å². The molecule has 0 N–H and O–H groups in total. The van der Waals surface area contributed by atoms with E-state index in [9.17, 15) is 32.9 Å². The molecule has 2 amide bonds. The van der Waals surface area contributed by atoms with Crippen molar-refractivity contribution in [2.45, 2.75) is 19.0 Å². The van der Waals surface area contributed by atoms with Crippen molar-refractivity contribution in [1.82, 2.24) is 9.80 Å². The third-order valence-electron chi connectivity index (χ3n) is 6.51. The molecule has 0 aromatic heterocycles. The Balaban J connectivity index is 1.34. The third kappa shape index (κ3) is 5.55. The Morgan fingerprint density at radius 2 is 1.74 bits per heavy atom. The van der Waals surface area contributed by atoms with E-state index >= 15 is 0 Å². The van der Waals surface area contributed by atoms with Crippen molar-refractivity contribution in [1.29, 1.82) is 0 Å². The molecule has 2 aromatic rings. The quantitative estimate of drug-likeness (QED) is 0.458. The topological polar surface area (TPSA) is 87.0 Å². The predicted octanol–water partition coefficient (Wildman–Crippen LogP) is 3.35. The van der Waals surface area contributed by atoms with Crippen molar-refractivity contribution in [3.05, 3.63) is 69.8 Å². The fourth-order valence-corrected chi connectivity index (χ4v) is 4.60. The largest absolute Gasteiger partial charge is 0.416 e. The second-order valence-corrected chi connectivity index (χ2v) is 8.75. The van der Waals surface area contributed by atoms with Crippen molar-refractivity contribution in [3.8, 4) is 0 Å². The number of anilines is 1. The molecule has 2 fully saturated rings. The summed E-state index contributed by atoms with van der Waals surface area (Å²) in [6, 6.07) is 12.3. The summed E-state index contributed by atoms with van der Waals surface area (Å²) in [6.45, 7) is 1.93. The number of nitro benzene ring substituents is 1. The zero-order chi connectivity index (χ0) is 25.2. The average molecular weight is 490 g/mol. The lowest BCUT2D eigenvalue weighted by Gasteiger charge is -2.36. The maximum absolute atomic E-state index is 13.0. The van der Waals surface area contributed by atoms with Gasteiger partial charge in [0.1, 0.15) is 5.69 Å². The molecule has 11 heteroatoms. The molecule has 0 radical (unpaired) electrons. The molecule has 2 aromatic carbocycles. The number of piperazine rings is 1. The number of halogens is 3. The smallest absolute Gasteiger partial charge is 0.362 e. The van der Waals surface area contributed by atoms with Gasteiger partial charge in [0.05, 0.1) is 16.4 Å². The van der Waals surface area contributed by atoms with E-state index < -0.39 is 28.3 Å². The lowest BCUT2D eigenvalue weighted by atomic mass is 10.1. The van der Waals surface area contributed by atoms with E-state index in [-0.39, 0.29) is 50.1 Å². The highest BCUT2D eigenvalue weighted by Crippen LogP contribution is 2.37. The summed E-state index contributed by atoms with van der Waals surface area (Å²) in [5.41, 5.74) is -0.485. The van der Waals surface area contributed by atoms with Crippen LogP contribution in [0, 0.1) is 16.0 Å². The minimum absolute atomic E-state index is 0.0571. The van der Waals surface area contributed by atoms with Gasteiger partial charge in [-0.05, 0) is 24.1 Å². The summed E-state index contributed by atoms with van der Waals surface area (Å²) in [7, 11) is 0. The van der Waals surface area contributed by atoms with Crippen LogP contribution in [0.2, 0.25) is 0 Å². The zero-order valence-corrected chi connectivity index (χ0v) is 18.9. The summed E-state index contributed by atoms with van der Waals surface area (Å²) >= 11 is 0. The van der Waals surface area contributed by atoms with Crippen molar-refractivity contribution in [2.24, 2.45) is 5.92 Å². The Morgan fingerprint density at radius 3 is 2.37 bits per heavy atom. The van der Waals surface area contributed by atoms with Crippen molar-refractivity contribution < 1.29 is 27.7 Å². The number of amides is 2. The number of carbonyl (C=O) groups excluding carboxylic acids is 2. The monoisotopic (exact) mass is 490 g/mol. The molecule has 35 heavy (non-hydrogen) atoms. The first kappa shape index (κ1) is 24.5. The second-order valence-electron chi connectivity index (χ2n) is 8.75. The molecule has 2 heterocycles. The highest BCUT2D eigenvalue weighted by Gasteiger charge is 2.38. The molecule has 2 aliphatic rings. The van der Waals surface area contributed by atoms with Gasteiger partial charge in [0, 0.05) is 51.8 Å². The predicted molar refractivity (Wildman–Crippen MR) is 122 cm³/mol.